The van der Waals surface area contributed by atoms with Crippen LogP contribution >= 0.6 is 0 Å². The summed E-state index contributed by atoms with van der Waals surface area (Å²) in [6.45, 7) is 2.00. The van der Waals surface area contributed by atoms with E-state index in [1.54, 1.807) is 7.11 Å². The smallest absolute Gasteiger partial charge is 0.119 e. The molecular formula is C18H19N3O. The fourth-order valence-electron chi connectivity index (χ4n) is 3.41. The minimum atomic E-state index is 0.388. The molecule has 2 aromatic carbocycles. The lowest BCUT2D eigenvalue weighted by molar-refractivity contribution is 0.294. The van der Waals surface area contributed by atoms with Gasteiger partial charge in [-0.1, -0.05) is 12.1 Å². The molecule has 1 N–H and O–H groups in total. The number of likely N-dealkylation sites (N-methyl/N-ethyl adjacent to an activating group) is 1. The third-order valence-corrected chi connectivity index (χ3v) is 4.53. The molecule has 112 valence electrons. The summed E-state index contributed by atoms with van der Waals surface area (Å²) in [6, 6.07) is 13.0. The number of benzene rings is 2. The van der Waals surface area contributed by atoms with Gasteiger partial charge in [-0.2, -0.15) is 5.10 Å². The topological polar surface area (TPSA) is 41.1 Å². The molecule has 0 saturated heterocycles. The molecule has 1 unspecified atom stereocenters. The predicted molar refractivity (Wildman–Crippen MR) is 87.3 cm³/mol. The van der Waals surface area contributed by atoms with Crippen LogP contribution in [0, 0.1) is 0 Å². The van der Waals surface area contributed by atoms with E-state index in [2.05, 4.69) is 58.5 Å². The minimum Gasteiger partial charge on any atom is -0.497 e. The van der Waals surface area contributed by atoms with Gasteiger partial charge >= 0.3 is 0 Å². The number of nitrogens with one attached hydrogen (secondary N) is 1. The van der Waals surface area contributed by atoms with E-state index in [0.29, 0.717) is 5.92 Å². The first-order chi connectivity index (χ1) is 10.7. The highest BCUT2D eigenvalue weighted by atomic mass is 16.5. The number of fused-ring (bicyclic) bond motifs is 2. The van der Waals surface area contributed by atoms with Gasteiger partial charge in [-0.15, -0.1) is 0 Å². The molecule has 4 rings (SSSR count). The summed E-state index contributed by atoms with van der Waals surface area (Å²) in [5.41, 5.74) is 5.18. The Hall–Kier alpha value is -2.33. The van der Waals surface area contributed by atoms with Crippen molar-refractivity contribution in [1.82, 2.24) is 15.1 Å². The van der Waals surface area contributed by atoms with Crippen LogP contribution < -0.4 is 4.74 Å². The number of H-pyrrole nitrogens is 1. The quantitative estimate of drug-likeness (QED) is 0.789. The highest BCUT2D eigenvalue weighted by Gasteiger charge is 2.25. The van der Waals surface area contributed by atoms with Gasteiger partial charge in [0.15, 0.2) is 0 Å². The zero-order chi connectivity index (χ0) is 15.1. The molecule has 22 heavy (non-hydrogen) atoms. The van der Waals surface area contributed by atoms with Crippen LogP contribution in [-0.2, 0) is 6.54 Å². The van der Waals surface area contributed by atoms with Crippen molar-refractivity contribution in [3.63, 3.8) is 0 Å². The van der Waals surface area contributed by atoms with Gasteiger partial charge in [-0.05, 0) is 48.0 Å². The SMILES string of the molecule is COc1ccc2c(c1)CN(C)CC2c1ccc2[nH]ncc2c1. The fourth-order valence-corrected chi connectivity index (χ4v) is 3.41. The molecule has 0 bridgehead atoms. The summed E-state index contributed by atoms with van der Waals surface area (Å²) in [4.78, 5) is 2.37. The van der Waals surface area contributed by atoms with Crippen molar-refractivity contribution in [2.75, 3.05) is 20.7 Å². The molecule has 1 aromatic heterocycles. The predicted octanol–water partition coefficient (Wildman–Crippen LogP) is 3.15. The van der Waals surface area contributed by atoms with Gasteiger partial charge in [0.25, 0.3) is 0 Å². The minimum absolute atomic E-state index is 0.388. The zero-order valence-corrected chi connectivity index (χ0v) is 12.8. The van der Waals surface area contributed by atoms with E-state index in [0.717, 1.165) is 24.4 Å². The van der Waals surface area contributed by atoms with E-state index < -0.39 is 0 Å². The monoisotopic (exact) mass is 293 g/mol. The Kier molecular flexibility index (Phi) is 3.12. The van der Waals surface area contributed by atoms with Crippen LogP contribution in [0.2, 0.25) is 0 Å². The molecule has 1 aliphatic rings. The molecule has 4 heteroatoms. The average Bonchev–Trinajstić information content (AvgIpc) is 3.00. The third kappa shape index (κ3) is 2.16. The average molecular weight is 293 g/mol. The maximum atomic E-state index is 5.37. The third-order valence-electron chi connectivity index (χ3n) is 4.53. The molecule has 4 nitrogen and oxygen atoms in total. The number of aromatic amines is 1. The maximum Gasteiger partial charge on any atom is 0.119 e. The molecular weight excluding hydrogens is 274 g/mol. The van der Waals surface area contributed by atoms with Crippen LogP contribution in [0.3, 0.4) is 0 Å². The summed E-state index contributed by atoms with van der Waals surface area (Å²) in [5, 5.41) is 8.30. The van der Waals surface area contributed by atoms with Gasteiger partial charge in [0.05, 0.1) is 18.8 Å². The summed E-state index contributed by atoms with van der Waals surface area (Å²) < 4.78 is 5.37. The summed E-state index contributed by atoms with van der Waals surface area (Å²) >= 11 is 0. The number of rotatable bonds is 2. The molecule has 3 aromatic rings. The highest BCUT2D eigenvalue weighted by Crippen LogP contribution is 2.35. The molecule has 0 fully saturated rings. The Morgan fingerprint density at radius 3 is 3.00 bits per heavy atom. The second-order valence-electron chi connectivity index (χ2n) is 6.03. The number of methoxy groups -OCH3 is 1. The highest BCUT2D eigenvalue weighted by molar-refractivity contribution is 5.78. The molecule has 1 atom stereocenters. The lowest BCUT2D eigenvalue weighted by Gasteiger charge is -2.33. The Balaban J connectivity index is 1.81. The van der Waals surface area contributed by atoms with Gasteiger partial charge in [-0.25, -0.2) is 0 Å². The first-order valence-corrected chi connectivity index (χ1v) is 7.53. The maximum absolute atomic E-state index is 5.37. The standard InChI is InChI=1S/C18H19N3O/c1-21-10-14-8-15(22-2)4-5-16(14)17(11-21)12-3-6-18-13(7-12)9-19-20-18/h3-9,17H,10-11H2,1-2H3,(H,19,20). The Morgan fingerprint density at radius 1 is 1.23 bits per heavy atom. The van der Waals surface area contributed by atoms with E-state index in [9.17, 15) is 0 Å². The van der Waals surface area contributed by atoms with E-state index in [-0.39, 0.29) is 0 Å². The number of hydrogen-bond acceptors (Lipinski definition) is 3. The molecule has 0 amide bonds. The molecule has 0 aliphatic carbocycles. The largest absolute Gasteiger partial charge is 0.497 e. The second kappa shape index (κ2) is 5.14. The Bertz CT molecular complexity index is 824. The lowest BCUT2D eigenvalue weighted by Crippen LogP contribution is -2.30. The van der Waals surface area contributed by atoms with Gasteiger partial charge < -0.3 is 9.64 Å². The number of hydrogen-bond donors (Lipinski definition) is 1. The van der Waals surface area contributed by atoms with Gasteiger partial charge in [0.2, 0.25) is 0 Å². The number of aromatic nitrogens is 2. The number of nitrogens with zero attached hydrogens (tertiary/aromatic N) is 2. The normalized spacial score (nSPS) is 18.4. The molecule has 2 heterocycles. The summed E-state index contributed by atoms with van der Waals surface area (Å²) in [7, 11) is 3.89. The van der Waals surface area contributed by atoms with Crippen molar-refractivity contribution in [2.24, 2.45) is 0 Å². The zero-order valence-electron chi connectivity index (χ0n) is 12.8. The fraction of sp³-hybridized carbons (Fsp3) is 0.278. The molecule has 0 spiro atoms. The Labute approximate surface area is 129 Å². The molecule has 1 aliphatic heterocycles. The lowest BCUT2D eigenvalue weighted by atomic mass is 9.84. The van der Waals surface area contributed by atoms with Crippen molar-refractivity contribution in [3.8, 4) is 5.75 Å². The van der Waals surface area contributed by atoms with Crippen molar-refractivity contribution in [3.05, 3.63) is 59.3 Å². The van der Waals surface area contributed by atoms with E-state index >= 15 is 0 Å². The summed E-state index contributed by atoms with van der Waals surface area (Å²) in [5.74, 6) is 1.32. The van der Waals surface area contributed by atoms with Crippen LogP contribution in [0.1, 0.15) is 22.6 Å². The van der Waals surface area contributed by atoms with E-state index in [4.69, 9.17) is 4.74 Å². The van der Waals surface area contributed by atoms with Gasteiger partial charge in [0, 0.05) is 24.4 Å². The van der Waals surface area contributed by atoms with Crippen LogP contribution in [0.5, 0.6) is 5.75 Å². The first kappa shape index (κ1) is 13.3. The van der Waals surface area contributed by atoms with Crippen LogP contribution in [0.4, 0.5) is 0 Å². The molecule has 0 radical (unpaired) electrons. The van der Waals surface area contributed by atoms with Crippen LogP contribution in [0.15, 0.2) is 42.6 Å². The van der Waals surface area contributed by atoms with Crippen LogP contribution in [0.25, 0.3) is 10.9 Å². The first-order valence-electron chi connectivity index (χ1n) is 7.53. The van der Waals surface area contributed by atoms with Crippen molar-refractivity contribution in [1.29, 1.82) is 0 Å². The Morgan fingerprint density at radius 2 is 2.14 bits per heavy atom. The van der Waals surface area contributed by atoms with Crippen molar-refractivity contribution >= 4 is 10.9 Å². The summed E-state index contributed by atoms with van der Waals surface area (Å²) in [6.07, 6.45) is 1.89. The van der Waals surface area contributed by atoms with E-state index in [1.165, 1.54) is 22.1 Å². The van der Waals surface area contributed by atoms with E-state index in [1.807, 2.05) is 6.20 Å². The van der Waals surface area contributed by atoms with Gasteiger partial charge in [0.1, 0.15) is 5.75 Å². The van der Waals surface area contributed by atoms with Crippen molar-refractivity contribution in [2.45, 2.75) is 12.5 Å². The van der Waals surface area contributed by atoms with Gasteiger partial charge in [-0.3, -0.25) is 5.10 Å². The van der Waals surface area contributed by atoms with Crippen LogP contribution in [-0.4, -0.2) is 35.8 Å². The number of ether oxygens (including phenoxy) is 1. The van der Waals surface area contributed by atoms with Crippen molar-refractivity contribution < 1.29 is 4.74 Å². The second-order valence-corrected chi connectivity index (χ2v) is 6.03. The molecule has 0 saturated carbocycles.